The van der Waals surface area contributed by atoms with Crippen LogP contribution < -0.4 is 19.1 Å². The molecule has 4 aromatic carbocycles. The number of nitrogens with one attached hydrogen (secondary N) is 1. The third-order valence-corrected chi connectivity index (χ3v) is 9.83. The molecule has 46 heavy (non-hydrogen) atoms. The normalized spacial score (nSPS) is 13.0. The van der Waals surface area contributed by atoms with Gasteiger partial charge in [-0.2, -0.15) is 0 Å². The highest BCUT2D eigenvalue weighted by Gasteiger charge is 2.35. The number of nitrogens with zero attached hydrogens (tertiary/aromatic N) is 2. The van der Waals surface area contributed by atoms with Crippen LogP contribution in [-0.4, -0.2) is 57.5 Å². The van der Waals surface area contributed by atoms with Crippen LogP contribution in [0.2, 0.25) is 0 Å². The van der Waals surface area contributed by atoms with Crippen LogP contribution in [0.25, 0.3) is 0 Å². The molecule has 240 valence electrons. The van der Waals surface area contributed by atoms with Crippen LogP contribution >= 0.6 is 15.9 Å². The number of hydrogen-bond donors (Lipinski definition) is 1. The first-order valence-electron chi connectivity index (χ1n) is 15.1. The minimum atomic E-state index is -4.22. The molecule has 5 rings (SSSR count). The number of benzene rings is 4. The molecule has 0 saturated heterocycles. The fraction of sp³-hybridized carbons (Fsp3) is 0.257. The van der Waals surface area contributed by atoms with E-state index in [-0.39, 0.29) is 29.5 Å². The summed E-state index contributed by atoms with van der Waals surface area (Å²) in [4.78, 5) is 29.8. The molecule has 1 aliphatic heterocycles. The van der Waals surface area contributed by atoms with Crippen molar-refractivity contribution < 1.29 is 27.5 Å². The van der Waals surface area contributed by atoms with Crippen molar-refractivity contribution in [1.29, 1.82) is 0 Å². The van der Waals surface area contributed by atoms with Gasteiger partial charge in [0.2, 0.25) is 11.8 Å². The van der Waals surface area contributed by atoms with Gasteiger partial charge in [0.1, 0.15) is 25.8 Å². The van der Waals surface area contributed by atoms with Gasteiger partial charge in [0, 0.05) is 30.0 Å². The molecule has 2 amide bonds. The first kappa shape index (κ1) is 33.0. The van der Waals surface area contributed by atoms with E-state index < -0.39 is 28.5 Å². The van der Waals surface area contributed by atoms with E-state index in [1.54, 1.807) is 36.4 Å². The molecular formula is C35H36BrN3O6S. The van der Waals surface area contributed by atoms with Crippen LogP contribution in [-0.2, 0) is 32.6 Å². The predicted octanol–water partition coefficient (Wildman–Crippen LogP) is 5.58. The second kappa shape index (κ2) is 15.3. The van der Waals surface area contributed by atoms with Crippen molar-refractivity contribution in [2.45, 2.75) is 37.2 Å². The van der Waals surface area contributed by atoms with Crippen LogP contribution in [0, 0.1) is 0 Å². The maximum atomic E-state index is 14.5. The third-order valence-electron chi connectivity index (χ3n) is 7.51. The predicted molar refractivity (Wildman–Crippen MR) is 180 cm³/mol. The van der Waals surface area contributed by atoms with Crippen molar-refractivity contribution >= 4 is 43.5 Å². The Kier molecular flexibility index (Phi) is 11.0. The highest BCUT2D eigenvalue weighted by Crippen LogP contribution is 2.36. The van der Waals surface area contributed by atoms with Gasteiger partial charge >= 0.3 is 0 Å². The van der Waals surface area contributed by atoms with E-state index in [9.17, 15) is 18.0 Å². The first-order valence-corrected chi connectivity index (χ1v) is 17.3. The molecule has 1 heterocycles. The van der Waals surface area contributed by atoms with Crippen molar-refractivity contribution in [2.75, 3.05) is 30.6 Å². The van der Waals surface area contributed by atoms with E-state index in [1.165, 1.54) is 17.0 Å². The van der Waals surface area contributed by atoms with E-state index in [4.69, 9.17) is 9.47 Å². The Labute approximate surface area is 278 Å². The van der Waals surface area contributed by atoms with Crippen molar-refractivity contribution in [2.24, 2.45) is 0 Å². The summed E-state index contributed by atoms with van der Waals surface area (Å²) >= 11 is 3.46. The molecule has 0 fully saturated rings. The Morgan fingerprint density at radius 2 is 1.50 bits per heavy atom. The lowest BCUT2D eigenvalue weighted by atomic mass is 10.0. The van der Waals surface area contributed by atoms with E-state index in [0.717, 1.165) is 26.3 Å². The molecule has 9 nitrogen and oxygen atoms in total. The Morgan fingerprint density at radius 3 is 2.17 bits per heavy atom. The number of fused-ring (bicyclic) bond motifs is 1. The van der Waals surface area contributed by atoms with E-state index >= 15 is 0 Å². The Hall–Kier alpha value is -4.35. The molecule has 0 bridgehead atoms. The molecule has 4 aromatic rings. The van der Waals surface area contributed by atoms with Gasteiger partial charge in [-0.05, 0) is 53.9 Å². The maximum absolute atomic E-state index is 14.5. The van der Waals surface area contributed by atoms with Gasteiger partial charge in [-0.1, -0.05) is 83.5 Å². The Balaban J connectivity index is 1.57. The fourth-order valence-corrected chi connectivity index (χ4v) is 6.83. The molecular weight excluding hydrogens is 670 g/mol. The van der Waals surface area contributed by atoms with Crippen molar-refractivity contribution in [3.63, 3.8) is 0 Å². The summed E-state index contributed by atoms with van der Waals surface area (Å²) in [5.41, 5.74) is 1.89. The lowest BCUT2D eigenvalue weighted by Gasteiger charge is -2.34. The molecule has 1 aliphatic rings. The van der Waals surface area contributed by atoms with E-state index in [0.29, 0.717) is 31.3 Å². The first-order chi connectivity index (χ1) is 22.3. The second-order valence-electron chi connectivity index (χ2n) is 10.8. The standard InChI is InChI=1S/C35H36BrN3O6S/c1-2-19-37-35(41)31(22-26-9-5-3-6-10-26)38(24-27-13-15-28(36)16-14-27)34(40)25-39(46(42,43)30-11-7-4-8-12-30)29-17-18-32-33(23-29)45-21-20-44-32/h3-18,23,31H,2,19-22,24-25H2,1H3,(H,37,41). The van der Waals surface area contributed by atoms with Gasteiger partial charge in [0.05, 0.1) is 10.6 Å². The van der Waals surface area contributed by atoms with E-state index in [2.05, 4.69) is 21.2 Å². The zero-order valence-corrected chi connectivity index (χ0v) is 27.9. The SMILES string of the molecule is CCCNC(=O)C(Cc1ccccc1)N(Cc1ccc(Br)cc1)C(=O)CN(c1ccc2c(c1)OCCO2)S(=O)(=O)c1ccccc1. The number of carbonyl (C=O) groups excluding carboxylic acids is 2. The van der Waals surface area contributed by atoms with Crippen LogP contribution in [0.3, 0.4) is 0 Å². The lowest BCUT2D eigenvalue weighted by Crippen LogP contribution is -2.53. The molecule has 1 unspecified atom stereocenters. The number of amides is 2. The highest BCUT2D eigenvalue weighted by atomic mass is 79.9. The molecule has 0 aliphatic carbocycles. The molecule has 0 aromatic heterocycles. The number of anilines is 1. The molecule has 0 spiro atoms. The minimum absolute atomic E-state index is 0.0265. The van der Waals surface area contributed by atoms with Gasteiger partial charge < -0.3 is 19.7 Å². The summed E-state index contributed by atoms with van der Waals surface area (Å²) in [5.74, 6) is 0.0284. The Morgan fingerprint density at radius 1 is 0.848 bits per heavy atom. The van der Waals surface area contributed by atoms with Crippen LogP contribution in [0.5, 0.6) is 11.5 Å². The van der Waals surface area contributed by atoms with Gasteiger partial charge in [-0.3, -0.25) is 13.9 Å². The zero-order valence-electron chi connectivity index (χ0n) is 25.5. The van der Waals surface area contributed by atoms with Crippen LogP contribution in [0.1, 0.15) is 24.5 Å². The number of ether oxygens (including phenoxy) is 2. The summed E-state index contributed by atoms with van der Waals surface area (Å²) in [7, 11) is -4.22. The van der Waals surface area contributed by atoms with Crippen LogP contribution in [0.15, 0.2) is 112 Å². The molecule has 11 heteroatoms. The number of sulfonamides is 1. The monoisotopic (exact) mass is 705 g/mol. The molecule has 1 N–H and O–H groups in total. The summed E-state index contributed by atoms with van der Waals surface area (Å²) < 4.78 is 41.7. The fourth-order valence-electron chi connectivity index (χ4n) is 5.14. The smallest absolute Gasteiger partial charge is 0.264 e. The average Bonchev–Trinajstić information content (AvgIpc) is 3.09. The minimum Gasteiger partial charge on any atom is -0.486 e. The Bertz CT molecular complexity index is 1740. The summed E-state index contributed by atoms with van der Waals surface area (Å²) in [6.45, 7) is 2.62. The molecule has 0 radical (unpaired) electrons. The summed E-state index contributed by atoms with van der Waals surface area (Å²) in [6.07, 6.45) is 0.964. The summed E-state index contributed by atoms with van der Waals surface area (Å²) in [6, 6.07) is 28.8. The van der Waals surface area contributed by atoms with Crippen molar-refractivity contribution in [1.82, 2.24) is 10.2 Å². The highest BCUT2D eigenvalue weighted by molar-refractivity contribution is 9.10. The van der Waals surface area contributed by atoms with Gasteiger partial charge in [-0.25, -0.2) is 8.42 Å². The number of rotatable bonds is 13. The number of hydrogen-bond acceptors (Lipinski definition) is 6. The zero-order chi connectivity index (χ0) is 32.5. The quantitative estimate of drug-likeness (QED) is 0.195. The van der Waals surface area contributed by atoms with Crippen molar-refractivity contribution in [3.8, 4) is 11.5 Å². The second-order valence-corrected chi connectivity index (χ2v) is 13.6. The van der Waals surface area contributed by atoms with Gasteiger partial charge in [0.15, 0.2) is 11.5 Å². The van der Waals surface area contributed by atoms with Gasteiger partial charge in [0.25, 0.3) is 10.0 Å². The van der Waals surface area contributed by atoms with Gasteiger partial charge in [-0.15, -0.1) is 0 Å². The molecule has 0 saturated carbocycles. The third kappa shape index (κ3) is 8.07. The largest absolute Gasteiger partial charge is 0.486 e. The topological polar surface area (TPSA) is 105 Å². The maximum Gasteiger partial charge on any atom is 0.264 e. The van der Waals surface area contributed by atoms with E-state index in [1.807, 2.05) is 61.5 Å². The lowest BCUT2D eigenvalue weighted by molar-refractivity contribution is -0.140. The van der Waals surface area contributed by atoms with Crippen molar-refractivity contribution in [3.05, 3.63) is 119 Å². The average molecular weight is 707 g/mol. The molecule has 1 atom stereocenters. The summed E-state index contributed by atoms with van der Waals surface area (Å²) in [5, 5.41) is 2.96. The number of carbonyl (C=O) groups is 2. The van der Waals surface area contributed by atoms with Crippen LogP contribution in [0.4, 0.5) is 5.69 Å². The number of halogens is 1.